The van der Waals surface area contributed by atoms with Gasteiger partial charge in [0.05, 0.1) is 23.5 Å². The maximum atomic E-state index is 14.5. The van der Waals surface area contributed by atoms with Gasteiger partial charge in [0, 0.05) is 4.91 Å². The molecule has 22 heavy (non-hydrogen) atoms. The highest BCUT2D eigenvalue weighted by Crippen LogP contribution is 2.42. The highest BCUT2D eigenvalue weighted by Gasteiger charge is 2.56. The molecule has 3 rings (SSSR count). The van der Waals surface area contributed by atoms with Crippen LogP contribution in [0.5, 0.6) is 0 Å². The van der Waals surface area contributed by atoms with Crippen LogP contribution >= 0.6 is 0 Å². The second-order valence-corrected chi connectivity index (χ2v) is 5.02. The molecule has 4 atom stereocenters. The van der Waals surface area contributed by atoms with E-state index in [1.807, 2.05) is 0 Å². The van der Waals surface area contributed by atoms with E-state index in [4.69, 9.17) is 10.3 Å². The van der Waals surface area contributed by atoms with Crippen LogP contribution in [0.2, 0.25) is 0 Å². The maximum absolute atomic E-state index is 14.5. The lowest BCUT2D eigenvalue weighted by atomic mass is 10.0. The summed E-state index contributed by atoms with van der Waals surface area (Å²) in [4.78, 5) is 6.55. The number of halogens is 1. The number of ether oxygens (including phenoxy) is 1. The molecule has 0 bridgehead atoms. The van der Waals surface area contributed by atoms with Crippen LogP contribution in [-0.4, -0.2) is 49.4 Å². The van der Waals surface area contributed by atoms with Crippen LogP contribution in [0, 0.1) is 6.92 Å². The SMILES string of the molecule is Cc1ncnn2c([C@@H]3O[C@@](CO)(N=[N+]=[N-])[C@@H](O)[C@H]3F)ccc12. The molecule has 2 N–H and O–H groups in total. The molecular formula is C12H13FN6O3. The Bertz CT molecular complexity index is 760. The highest BCUT2D eigenvalue weighted by atomic mass is 19.1. The summed E-state index contributed by atoms with van der Waals surface area (Å²) in [5, 5.41) is 26.6. The summed E-state index contributed by atoms with van der Waals surface area (Å²) in [5.74, 6) is 0. The van der Waals surface area contributed by atoms with Gasteiger partial charge in [-0.25, -0.2) is 13.9 Å². The molecule has 3 heterocycles. The fourth-order valence-electron chi connectivity index (χ4n) is 2.61. The standard InChI is InChI=1S/C12H13FN6O3/c1-6-7-2-3-8(19(7)16-5-15-6)10-9(13)11(21)12(4-20,22-10)17-18-14/h2-3,5,9-11,20-21H,4H2,1H3/t9-,10-,11-,12+/m0/s1. The zero-order chi connectivity index (χ0) is 15.9. The number of aliphatic hydroxyl groups is 2. The minimum Gasteiger partial charge on any atom is -0.393 e. The first kappa shape index (κ1) is 14.7. The average Bonchev–Trinajstić information content (AvgIpc) is 3.04. The lowest BCUT2D eigenvalue weighted by Crippen LogP contribution is -2.43. The van der Waals surface area contributed by atoms with Crippen molar-refractivity contribution in [3.63, 3.8) is 0 Å². The van der Waals surface area contributed by atoms with Gasteiger partial charge in [0.25, 0.3) is 0 Å². The fraction of sp³-hybridized carbons (Fsp3) is 0.500. The smallest absolute Gasteiger partial charge is 0.199 e. The Morgan fingerprint density at radius 2 is 2.36 bits per heavy atom. The van der Waals surface area contributed by atoms with Crippen LogP contribution in [0.15, 0.2) is 23.6 Å². The molecule has 10 heteroatoms. The molecule has 0 aliphatic carbocycles. The summed E-state index contributed by atoms with van der Waals surface area (Å²) in [6, 6.07) is 3.28. The molecule has 0 amide bonds. The summed E-state index contributed by atoms with van der Waals surface area (Å²) in [6.45, 7) is 0.933. The van der Waals surface area contributed by atoms with Crippen molar-refractivity contribution in [3.05, 3.63) is 40.3 Å². The van der Waals surface area contributed by atoms with E-state index in [1.165, 1.54) is 10.8 Å². The Balaban J connectivity index is 2.08. The maximum Gasteiger partial charge on any atom is 0.199 e. The molecule has 1 aliphatic heterocycles. The van der Waals surface area contributed by atoms with Gasteiger partial charge in [0.1, 0.15) is 18.5 Å². The van der Waals surface area contributed by atoms with E-state index in [0.29, 0.717) is 16.9 Å². The predicted molar refractivity (Wildman–Crippen MR) is 71.4 cm³/mol. The predicted octanol–water partition coefficient (Wildman–Crippen LogP) is 0.807. The molecule has 0 spiro atoms. The van der Waals surface area contributed by atoms with E-state index in [2.05, 4.69) is 20.1 Å². The monoisotopic (exact) mass is 308 g/mol. The molecular weight excluding hydrogens is 295 g/mol. The van der Waals surface area contributed by atoms with Crippen molar-refractivity contribution in [3.8, 4) is 0 Å². The summed E-state index contributed by atoms with van der Waals surface area (Å²) in [7, 11) is 0. The fourth-order valence-corrected chi connectivity index (χ4v) is 2.61. The van der Waals surface area contributed by atoms with Gasteiger partial charge in [0.2, 0.25) is 0 Å². The highest BCUT2D eigenvalue weighted by molar-refractivity contribution is 5.52. The van der Waals surface area contributed by atoms with E-state index < -0.39 is 30.7 Å². The lowest BCUT2D eigenvalue weighted by molar-refractivity contribution is -0.108. The van der Waals surface area contributed by atoms with E-state index >= 15 is 0 Å². The first-order valence-corrected chi connectivity index (χ1v) is 6.50. The minimum absolute atomic E-state index is 0.329. The van der Waals surface area contributed by atoms with Crippen molar-refractivity contribution < 1.29 is 19.3 Å². The molecule has 1 saturated heterocycles. The molecule has 2 aromatic heterocycles. The number of rotatable bonds is 3. The van der Waals surface area contributed by atoms with Gasteiger partial charge in [0.15, 0.2) is 11.9 Å². The number of hydrogen-bond acceptors (Lipinski definition) is 6. The van der Waals surface area contributed by atoms with Crippen molar-refractivity contribution in [2.75, 3.05) is 6.61 Å². The van der Waals surface area contributed by atoms with Gasteiger partial charge in [-0.3, -0.25) is 0 Å². The zero-order valence-corrected chi connectivity index (χ0v) is 11.5. The minimum atomic E-state index is -2.05. The molecule has 2 aromatic rings. The van der Waals surface area contributed by atoms with Crippen molar-refractivity contribution in [1.82, 2.24) is 14.6 Å². The molecule has 1 aliphatic rings. The Hall–Kier alpha value is -2.26. The van der Waals surface area contributed by atoms with E-state index in [9.17, 15) is 14.6 Å². The molecule has 0 radical (unpaired) electrons. The number of hydrogen-bond donors (Lipinski definition) is 2. The number of alkyl halides is 1. The van der Waals surface area contributed by atoms with Gasteiger partial charge in [-0.15, -0.1) is 0 Å². The largest absolute Gasteiger partial charge is 0.393 e. The normalized spacial score (nSPS) is 31.4. The van der Waals surface area contributed by atoms with Gasteiger partial charge < -0.3 is 14.9 Å². The summed E-state index contributed by atoms with van der Waals surface area (Å²) < 4.78 is 21.3. The van der Waals surface area contributed by atoms with Crippen molar-refractivity contribution in [1.29, 1.82) is 0 Å². The van der Waals surface area contributed by atoms with E-state index in [1.54, 1.807) is 19.1 Å². The van der Waals surface area contributed by atoms with Crippen molar-refractivity contribution >= 4 is 5.52 Å². The number of aryl methyl sites for hydroxylation is 1. The number of azide groups is 1. The van der Waals surface area contributed by atoms with Gasteiger partial charge in [-0.05, 0) is 24.6 Å². The number of fused-ring (bicyclic) bond motifs is 1. The third-order valence-electron chi connectivity index (χ3n) is 3.79. The van der Waals surface area contributed by atoms with Crippen LogP contribution in [0.4, 0.5) is 4.39 Å². The molecule has 1 fully saturated rings. The van der Waals surface area contributed by atoms with Gasteiger partial charge in [-0.1, -0.05) is 5.11 Å². The van der Waals surface area contributed by atoms with Crippen LogP contribution in [-0.2, 0) is 4.74 Å². The van der Waals surface area contributed by atoms with E-state index in [-0.39, 0.29) is 0 Å². The second-order valence-electron chi connectivity index (χ2n) is 5.02. The first-order valence-electron chi connectivity index (χ1n) is 6.50. The Morgan fingerprint density at radius 3 is 3.05 bits per heavy atom. The third kappa shape index (κ3) is 1.93. The van der Waals surface area contributed by atoms with Crippen molar-refractivity contribution in [2.45, 2.75) is 31.0 Å². The summed E-state index contributed by atoms with van der Waals surface area (Å²) in [5.41, 5.74) is 8.19. The average molecular weight is 308 g/mol. The molecule has 9 nitrogen and oxygen atoms in total. The van der Waals surface area contributed by atoms with Crippen LogP contribution in [0.1, 0.15) is 17.5 Å². The Morgan fingerprint density at radius 1 is 1.59 bits per heavy atom. The second kappa shape index (κ2) is 5.18. The van der Waals surface area contributed by atoms with Gasteiger partial charge >= 0.3 is 0 Å². The van der Waals surface area contributed by atoms with Gasteiger partial charge in [-0.2, -0.15) is 5.10 Å². The molecule has 116 valence electrons. The lowest BCUT2D eigenvalue weighted by Gasteiger charge is -2.23. The van der Waals surface area contributed by atoms with Crippen molar-refractivity contribution in [2.24, 2.45) is 5.11 Å². The van der Waals surface area contributed by atoms with Crippen LogP contribution in [0.25, 0.3) is 16.0 Å². The number of nitrogens with zero attached hydrogens (tertiary/aromatic N) is 6. The van der Waals surface area contributed by atoms with Crippen LogP contribution < -0.4 is 0 Å². The summed E-state index contributed by atoms with van der Waals surface area (Å²) >= 11 is 0. The third-order valence-corrected chi connectivity index (χ3v) is 3.79. The molecule has 0 aromatic carbocycles. The number of aliphatic hydroxyl groups excluding tert-OH is 2. The Labute approximate surface area is 123 Å². The topological polar surface area (TPSA) is 129 Å². The first-order chi connectivity index (χ1) is 10.5. The Kier molecular flexibility index (Phi) is 3.45. The molecule has 0 saturated carbocycles. The number of aromatic nitrogens is 3. The molecule has 0 unspecified atom stereocenters. The quantitative estimate of drug-likeness (QED) is 0.492. The summed E-state index contributed by atoms with van der Waals surface area (Å²) in [6.07, 6.45) is -3.58. The van der Waals surface area contributed by atoms with Crippen LogP contribution in [0.3, 0.4) is 0 Å². The zero-order valence-electron chi connectivity index (χ0n) is 11.5. The van der Waals surface area contributed by atoms with E-state index in [0.717, 1.165) is 0 Å².